The topological polar surface area (TPSA) is 91.6 Å². The molecule has 0 saturated carbocycles. The lowest BCUT2D eigenvalue weighted by atomic mass is 10.1. The van der Waals surface area contributed by atoms with E-state index in [1.54, 1.807) is 45.6 Å². The normalized spacial score (nSPS) is 16.2. The third-order valence-corrected chi connectivity index (χ3v) is 8.69. The van der Waals surface area contributed by atoms with E-state index in [9.17, 15) is 8.42 Å². The molecular formula is C25H31N3O6S2. The van der Waals surface area contributed by atoms with Crippen molar-refractivity contribution < 1.29 is 27.4 Å². The zero-order valence-electron chi connectivity index (χ0n) is 20.8. The van der Waals surface area contributed by atoms with Crippen molar-refractivity contribution in [2.45, 2.75) is 17.9 Å². The number of rotatable bonds is 9. The molecular weight excluding hydrogens is 502 g/mol. The van der Waals surface area contributed by atoms with E-state index in [0.29, 0.717) is 38.6 Å². The average molecular weight is 534 g/mol. The van der Waals surface area contributed by atoms with E-state index in [0.717, 1.165) is 27.6 Å². The molecule has 1 aliphatic heterocycles. The smallest absolute Gasteiger partial charge is 0.243 e. The van der Waals surface area contributed by atoms with Gasteiger partial charge < -0.3 is 23.5 Å². The Morgan fingerprint density at radius 3 is 2.42 bits per heavy atom. The number of hydrogen-bond acceptors (Lipinski definition) is 8. The lowest BCUT2D eigenvalue weighted by Crippen LogP contribution is -2.40. The fourth-order valence-electron chi connectivity index (χ4n) is 4.09. The molecule has 0 aliphatic carbocycles. The summed E-state index contributed by atoms with van der Waals surface area (Å²) in [5, 5.41) is 2.03. The predicted molar refractivity (Wildman–Crippen MR) is 139 cm³/mol. The molecule has 1 atom stereocenters. The molecule has 2 aromatic carbocycles. The van der Waals surface area contributed by atoms with Crippen molar-refractivity contribution in [3.63, 3.8) is 0 Å². The summed E-state index contributed by atoms with van der Waals surface area (Å²) in [5.74, 6) is 1.44. The van der Waals surface area contributed by atoms with Crippen molar-refractivity contribution in [3.8, 4) is 22.8 Å². The first-order valence-electron chi connectivity index (χ1n) is 11.5. The summed E-state index contributed by atoms with van der Waals surface area (Å²) in [6.07, 6.45) is 0. The van der Waals surface area contributed by atoms with Crippen LogP contribution in [0, 0.1) is 0 Å². The minimum atomic E-state index is -3.56. The largest absolute Gasteiger partial charge is 0.497 e. The quantitative estimate of drug-likeness (QED) is 0.417. The number of ether oxygens (including phenoxy) is 4. The second kappa shape index (κ2) is 11.6. The number of thiazole rings is 1. The van der Waals surface area contributed by atoms with E-state index in [-0.39, 0.29) is 10.9 Å². The van der Waals surface area contributed by atoms with Crippen molar-refractivity contribution in [2.24, 2.45) is 4.99 Å². The lowest BCUT2D eigenvalue weighted by molar-refractivity contribution is 0.0730. The van der Waals surface area contributed by atoms with Crippen LogP contribution in [0.5, 0.6) is 11.5 Å². The van der Waals surface area contributed by atoms with Crippen molar-refractivity contribution in [1.29, 1.82) is 0 Å². The molecule has 9 nitrogen and oxygen atoms in total. The molecule has 1 aromatic heterocycles. The first-order chi connectivity index (χ1) is 17.4. The number of methoxy groups -OCH3 is 3. The number of sulfonamides is 1. The summed E-state index contributed by atoms with van der Waals surface area (Å²) in [6.45, 7) is 4.08. The molecule has 4 rings (SSSR count). The molecule has 1 unspecified atom stereocenters. The van der Waals surface area contributed by atoms with Crippen LogP contribution in [0.1, 0.15) is 13.0 Å². The third kappa shape index (κ3) is 5.50. The fourth-order valence-corrected chi connectivity index (χ4v) is 6.51. The number of hydrogen-bond donors (Lipinski definition) is 0. The van der Waals surface area contributed by atoms with Gasteiger partial charge in [0.05, 0.1) is 56.4 Å². The Hall–Kier alpha value is -2.70. The van der Waals surface area contributed by atoms with Gasteiger partial charge >= 0.3 is 0 Å². The van der Waals surface area contributed by atoms with E-state index in [4.69, 9.17) is 23.9 Å². The van der Waals surface area contributed by atoms with Gasteiger partial charge in [-0.3, -0.25) is 0 Å². The maximum atomic E-state index is 12.9. The molecule has 194 valence electrons. The average Bonchev–Trinajstić information content (AvgIpc) is 3.32. The summed E-state index contributed by atoms with van der Waals surface area (Å²) >= 11 is 1.49. The summed E-state index contributed by atoms with van der Waals surface area (Å²) < 4.78 is 51.2. The fraction of sp³-hybridized carbons (Fsp3) is 0.400. The SMILES string of the molecule is COCC(C)n1c(-c2cc(OC)ccc2OC)csc1=Nc1ccc(S(=O)(=O)N2CCOCC2)cc1. The molecule has 2 heterocycles. The van der Waals surface area contributed by atoms with E-state index < -0.39 is 10.0 Å². The van der Waals surface area contributed by atoms with Crippen LogP contribution in [0.15, 0.2) is 57.7 Å². The Kier molecular flexibility index (Phi) is 8.47. The van der Waals surface area contributed by atoms with Crippen molar-refractivity contribution >= 4 is 27.0 Å². The second-order valence-electron chi connectivity index (χ2n) is 8.27. The zero-order valence-corrected chi connectivity index (χ0v) is 22.5. The van der Waals surface area contributed by atoms with Crippen LogP contribution in [0.3, 0.4) is 0 Å². The van der Waals surface area contributed by atoms with E-state index in [1.807, 2.05) is 23.6 Å². The number of aromatic nitrogens is 1. The lowest BCUT2D eigenvalue weighted by Gasteiger charge is -2.26. The van der Waals surface area contributed by atoms with Gasteiger partial charge in [-0.2, -0.15) is 4.31 Å². The van der Waals surface area contributed by atoms with Gasteiger partial charge in [0.25, 0.3) is 0 Å². The summed E-state index contributed by atoms with van der Waals surface area (Å²) in [4.78, 5) is 5.85. The van der Waals surface area contributed by atoms with Gasteiger partial charge in [0.15, 0.2) is 4.80 Å². The van der Waals surface area contributed by atoms with Gasteiger partial charge in [-0.1, -0.05) is 0 Å². The molecule has 36 heavy (non-hydrogen) atoms. The highest BCUT2D eigenvalue weighted by molar-refractivity contribution is 7.89. The first-order valence-corrected chi connectivity index (χ1v) is 13.8. The van der Waals surface area contributed by atoms with Gasteiger partial charge in [-0.25, -0.2) is 13.4 Å². The highest BCUT2D eigenvalue weighted by atomic mass is 32.2. The molecule has 1 saturated heterocycles. The monoisotopic (exact) mass is 533 g/mol. The van der Waals surface area contributed by atoms with Crippen molar-refractivity contribution in [1.82, 2.24) is 8.87 Å². The molecule has 0 spiro atoms. The molecule has 0 radical (unpaired) electrons. The maximum absolute atomic E-state index is 12.9. The van der Waals surface area contributed by atoms with Crippen LogP contribution in [0.25, 0.3) is 11.3 Å². The highest BCUT2D eigenvalue weighted by Crippen LogP contribution is 2.35. The summed E-state index contributed by atoms with van der Waals surface area (Å²) in [7, 11) is 1.37. The summed E-state index contributed by atoms with van der Waals surface area (Å²) in [5.41, 5.74) is 2.45. The van der Waals surface area contributed by atoms with Crippen LogP contribution in [-0.4, -0.2) is 71.5 Å². The van der Waals surface area contributed by atoms with E-state index in [2.05, 4.69) is 11.5 Å². The van der Waals surface area contributed by atoms with Crippen LogP contribution in [0.2, 0.25) is 0 Å². The molecule has 1 aliphatic rings. The minimum Gasteiger partial charge on any atom is -0.497 e. The zero-order chi connectivity index (χ0) is 25.7. The summed E-state index contributed by atoms with van der Waals surface area (Å²) in [6, 6.07) is 12.3. The minimum absolute atomic E-state index is 0.0214. The van der Waals surface area contributed by atoms with Gasteiger partial charge in [-0.15, -0.1) is 11.3 Å². The maximum Gasteiger partial charge on any atom is 0.243 e. The van der Waals surface area contributed by atoms with Crippen molar-refractivity contribution in [2.75, 3.05) is 54.2 Å². The Balaban J connectivity index is 1.75. The molecule has 11 heteroatoms. The second-order valence-corrected chi connectivity index (χ2v) is 11.0. The number of nitrogens with zero attached hydrogens (tertiary/aromatic N) is 3. The van der Waals surface area contributed by atoms with E-state index >= 15 is 0 Å². The molecule has 0 N–H and O–H groups in total. The van der Waals surface area contributed by atoms with Gasteiger partial charge in [0, 0.05) is 31.1 Å². The van der Waals surface area contributed by atoms with Crippen LogP contribution < -0.4 is 14.3 Å². The van der Waals surface area contributed by atoms with Crippen molar-refractivity contribution in [3.05, 3.63) is 52.6 Å². The molecule has 0 bridgehead atoms. The van der Waals surface area contributed by atoms with Crippen LogP contribution in [-0.2, 0) is 19.5 Å². The highest BCUT2D eigenvalue weighted by Gasteiger charge is 2.26. The van der Waals surface area contributed by atoms with Crippen LogP contribution in [0.4, 0.5) is 5.69 Å². The first kappa shape index (κ1) is 26.4. The van der Waals surface area contributed by atoms with E-state index in [1.165, 1.54) is 15.6 Å². The van der Waals surface area contributed by atoms with Gasteiger partial charge in [0.2, 0.25) is 10.0 Å². The standard InChI is InChI=1S/C25H31N3O6S2/c1-18(16-31-2)28-23(22-15-20(32-3)7-10-24(22)33-4)17-35-25(28)26-19-5-8-21(9-6-19)36(29,30)27-11-13-34-14-12-27/h5-10,15,17-18H,11-14,16H2,1-4H3. The number of benzene rings is 2. The van der Waals surface area contributed by atoms with Gasteiger partial charge in [-0.05, 0) is 49.4 Å². The van der Waals surface area contributed by atoms with Gasteiger partial charge in [0.1, 0.15) is 11.5 Å². The predicted octanol–water partition coefficient (Wildman–Crippen LogP) is 3.69. The third-order valence-electron chi connectivity index (χ3n) is 5.94. The number of morpholine rings is 1. The Bertz CT molecular complexity index is 1340. The Labute approximate surface area is 215 Å². The Morgan fingerprint density at radius 1 is 1.06 bits per heavy atom. The molecule has 1 fully saturated rings. The molecule has 3 aromatic rings. The molecule has 0 amide bonds. The Morgan fingerprint density at radius 2 is 1.78 bits per heavy atom. The van der Waals surface area contributed by atoms with Crippen LogP contribution >= 0.6 is 11.3 Å².